The Morgan fingerprint density at radius 2 is 2.05 bits per heavy atom. The Labute approximate surface area is 118 Å². The van der Waals surface area contributed by atoms with Crippen LogP contribution in [-0.2, 0) is 16.0 Å². The Hall–Kier alpha value is -1.88. The largest absolute Gasteiger partial charge is 0.480 e. The van der Waals surface area contributed by atoms with Gasteiger partial charge in [-0.25, -0.2) is 0 Å². The fraction of sp³-hybridized carbons (Fsp3) is 0.467. The van der Waals surface area contributed by atoms with Crippen molar-refractivity contribution in [3.63, 3.8) is 0 Å². The summed E-state index contributed by atoms with van der Waals surface area (Å²) < 4.78 is 0. The zero-order chi connectivity index (χ0) is 14.7. The van der Waals surface area contributed by atoms with Gasteiger partial charge in [0.1, 0.15) is 6.04 Å². The number of benzene rings is 1. The zero-order valence-corrected chi connectivity index (χ0v) is 11.8. The third-order valence-electron chi connectivity index (χ3n) is 3.59. The number of anilines is 1. The number of hydrogen-bond acceptors (Lipinski definition) is 3. The zero-order valence-electron chi connectivity index (χ0n) is 11.8. The average molecular weight is 276 g/mol. The minimum atomic E-state index is -0.922. The maximum absolute atomic E-state index is 12.2. The molecule has 20 heavy (non-hydrogen) atoms. The quantitative estimate of drug-likeness (QED) is 0.850. The first-order chi connectivity index (χ1) is 9.50. The summed E-state index contributed by atoms with van der Waals surface area (Å²) in [5.41, 5.74) is 2.11. The topological polar surface area (TPSA) is 69.6 Å². The van der Waals surface area contributed by atoms with Crippen molar-refractivity contribution in [2.75, 3.05) is 18.0 Å². The SMILES string of the molecule is CC(C)C(NCC(=O)N1CCc2ccccc21)C(=O)O. The summed E-state index contributed by atoms with van der Waals surface area (Å²) >= 11 is 0. The van der Waals surface area contributed by atoms with Crippen molar-refractivity contribution >= 4 is 17.6 Å². The molecule has 0 spiro atoms. The van der Waals surface area contributed by atoms with Gasteiger partial charge in [-0.3, -0.25) is 14.9 Å². The first-order valence-corrected chi connectivity index (χ1v) is 6.85. The number of carbonyl (C=O) groups is 2. The number of carboxylic acids is 1. The van der Waals surface area contributed by atoms with Crippen LogP contribution in [0.3, 0.4) is 0 Å². The molecular formula is C15H20N2O3. The van der Waals surface area contributed by atoms with Gasteiger partial charge in [0.15, 0.2) is 0 Å². The van der Waals surface area contributed by atoms with Crippen molar-refractivity contribution in [3.05, 3.63) is 29.8 Å². The van der Waals surface area contributed by atoms with Crippen molar-refractivity contribution < 1.29 is 14.7 Å². The third kappa shape index (κ3) is 2.99. The maximum Gasteiger partial charge on any atom is 0.320 e. The molecule has 1 unspecified atom stereocenters. The van der Waals surface area contributed by atoms with Crippen LogP contribution in [0.1, 0.15) is 19.4 Å². The van der Waals surface area contributed by atoms with E-state index >= 15 is 0 Å². The summed E-state index contributed by atoms with van der Waals surface area (Å²) in [4.78, 5) is 25.0. The molecule has 0 radical (unpaired) electrons. The van der Waals surface area contributed by atoms with Gasteiger partial charge in [0.05, 0.1) is 6.54 Å². The van der Waals surface area contributed by atoms with Crippen molar-refractivity contribution in [2.24, 2.45) is 5.92 Å². The van der Waals surface area contributed by atoms with Gasteiger partial charge >= 0.3 is 5.97 Å². The van der Waals surface area contributed by atoms with E-state index in [0.29, 0.717) is 6.54 Å². The van der Waals surface area contributed by atoms with Crippen LogP contribution in [0, 0.1) is 5.92 Å². The van der Waals surface area contributed by atoms with Crippen LogP contribution in [0.25, 0.3) is 0 Å². The molecule has 1 aromatic rings. The molecule has 0 saturated carbocycles. The normalized spacial score (nSPS) is 15.2. The van der Waals surface area contributed by atoms with Crippen molar-refractivity contribution in [1.29, 1.82) is 0 Å². The third-order valence-corrected chi connectivity index (χ3v) is 3.59. The Morgan fingerprint density at radius 3 is 2.70 bits per heavy atom. The van der Waals surface area contributed by atoms with Gasteiger partial charge in [-0.05, 0) is 24.0 Å². The minimum Gasteiger partial charge on any atom is -0.480 e. The summed E-state index contributed by atoms with van der Waals surface area (Å²) in [5.74, 6) is -1.07. The highest BCUT2D eigenvalue weighted by Gasteiger charge is 2.26. The molecule has 1 atom stereocenters. The number of rotatable bonds is 5. The van der Waals surface area contributed by atoms with Gasteiger partial charge < -0.3 is 10.0 Å². The highest BCUT2D eigenvalue weighted by molar-refractivity contribution is 5.97. The van der Waals surface area contributed by atoms with Crippen LogP contribution in [0.4, 0.5) is 5.69 Å². The lowest BCUT2D eigenvalue weighted by Gasteiger charge is -2.21. The van der Waals surface area contributed by atoms with Crippen LogP contribution < -0.4 is 10.2 Å². The van der Waals surface area contributed by atoms with E-state index in [1.54, 1.807) is 4.90 Å². The van der Waals surface area contributed by atoms with Crippen molar-refractivity contribution in [1.82, 2.24) is 5.32 Å². The van der Waals surface area contributed by atoms with Crippen molar-refractivity contribution in [2.45, 2.75) is 26.3 Å². The van der Waals surface area contributed by atoms with Crippen LogP contribution in [-0.4, -0.2) is 36.1 Å². The van der Waals surface area contributed by atoms with E-state index in [4.69, 9.17) is 5.11 Å². The molecule has 5 heteroatoms. The summed E-state index contributed by atoms with van der Waals surface area (Å²) in [6, 6.07) is 7.12. The van der Waals surface area contributed by atoms with E-state index in [-0.39, 0.29) is 18.4 Å². The summed E-state index contributed by atoms with van der Waals surface area (Å²) in [6.07, 6.45) is 0.856. The number of amides is 1. The number of para-hydroxylation sites is 1. The van der Waals surface area contributed by atoms with E-state index in [0.717, 1.165) is 12.1 Å². The molecule has 0 aliphatic carbocycles. The second-order valence-corrected chi connectivity index (χ2v) is 5.36. The molecule has 2 rings (SSSR count). The van der Waals surface area contributed by atoms with Gasteiger partial charge in [0.2, 0.25) is 5.91 Å². The molecule has 0 saturated heterocycles. The molecule has 1 aromatic carbocycles. The lowest BCUT2D eigenvalue weighted by atomic mass is 10.1. The van der Waals surface area contributed by atoms with E-state index in [1.165, 1.54) is 5.56 Å². The van der Waals surface area contributed by atoms with Crippen LogP contribution in [0.15, 0.2) is 24.3 Å². The molecule has 5 nitrogen and oxygen atoms in total. The number of aliphatic carboxylic acids is 1. The highest BCUT2D eigenvalue weighted by atomic mass is 16.4. The molecule has 1 aliphatic rings. The summed E-state index contributed by atoms with van der Waals surface area (Å²) in [5, 5.41) is 11.9. The molecular weight excluding hydrogens is 256 g/mol. The number of fused-ring (bicyclic) bond motifs is 1. The second kappa shape index (κ2) is 6.05. The Morgan fingerprint density at radius 1 is 1.35 bits per heavy atom. The molecule has 1 amide bonds. The Balaban J connectivity index is 1.98. The summed E-state index contributed by atoms with van der Waals surface area (Å²) in [6.45, 7) is 4.35. The standard InChI is InChI=1S/C15H20N2O3/c1-10(2)14(15(19)20)16-9-13(18)17-8-7-11-5-3-4-6-12(11)17/h3-6,10,14,16H,7-9H2,1-2H3,(H,19,20). The van der Waals surface area contributed by atoms with Gasteiger partial charge in [-0.15, -0.1) is 0 Å². The van der Waals surface area contributed by atoms with E-state index in [9.17, 15) is 9.59 Å². The van der Waals surface area contributed by atoms with Crippen LogP contribution in [0.2, 0.25) is 0 Å². The Kier molecular flexibility index (Phi) is 4.39. The van der Waals surface area contributed by atoms with E-state index < -0.39 is 12.0 Å². The van der Waals surface area contributed by atoms with Crippen LogP contribution in [0.5, 0.6) is 0 Å². The number of carboxylic acid groups (broad SMARTS) is 1. The number of hydrogen-bond donors (Lipinski definition) is 2. The number of carbonyl (C=O) groups excluding carboxylic acids is 1. The van der Waals surface area contributed by atoms with Crippen LogP contribution >= 0.6 is 0 Å². The van der Waals surface area contributed by atoms with Gasteiger partial charge in [-0.2, -0.15) is 0 Å². The maximum atomic E-state index is 12.2. The number of nitrogens with one attached hydrogen (secondary N) is 1. The molecule has 0 aromatic heterocycles. The lowest BCUT2D eigenvalue weighted by molar-refractivity contribution is -0.140. The molecule has 1 aliphatic heterocycles. The first kappa shape index (κ1) is 14.5. The van der Waals surface area contributed by atoms with Gasteiger partial charge in [-0.1, -0.05) is 32.0 Å². The molecule has 2 N–H and O–H groups in total. The predicted octanol–water partition coefficient (Wildman–Crippen LogP) is 1.27. The first-order valence-electron chi connectivity index (χ1n) is 6.85. The summed E-state index contributed by atoms with van der Waals surface area (Å²) in [7, 11) is 0. The van der Waals surface area contributed by atoms with E-state index in [2.05, 4.69) is 5.32 Å². The predicted molar refractivity (Wildman–Crippen MR) is 76.8 cm³/mol. The average Bonchev–Trinajstić information content (AvgIpc) is 2.81. The fourth-order valence-corrected chi connectivity index (χ4v) is 2.50. The lowest BCUT2D eigenvalue weighted by Crippen LogP contribution is -2.46. The van der Waals surface area contributed by atoms with Gasteiger partial charge in [0.25, 0.3) is 0 Å². The monoisotopic (exact) mass is 276 g/mol. The molecule has 0 bridgehead atoms. The minimum absolute atomic E-state index is 0.0451. The highest BCUT2D eigenvalue weighted by Crippen LogP contribution is 2.27. The molecule has 108 valence electrons. The second-order valence-electron chi connectivity index (χ2n) is 5.36. The van der Waals surface area contributed by atoms with Gasteiger partial charge in [0, 0.05) is 12.2 Å². The Bertz CT molecular complexity index is 514. The smallest absolute Gasteiger partial charge is 0.320 e. The molecule has 0 fully saturated rings. The van der Waals surface area contributed by atoms with E-state index in [1.807, 2.05) is 38.1 Å². The molecule has 1 heterocycles. The number of nitrogens with zero attached hydrogens (tertiary/aromatic N) is 1. The van der Waals surface area contributed by atoms with Crippen molar-refractivity contribution in [3.8, 4) is 0 Å². The fourth-order valence-electron chi connectivity index (χ4n) is 2.50.